The number of hydrogen-bond donors (Lipinski definition) is 1. The van der Waals surface area contributed by atoms with Gasteiger partial charge in [-0.2, -0.15) is 0 Å². The lowest BCUT2D eigenvalue weighted by Crippen LogP contribution is -2.23. The Bertz CT molecular complexity index is 102. The normalized spacial score (nSPS) is 12.7. The average molecular weight is 148 g/mol. The van der Waals surface area contributed by atoms with E-state index in [2.05, 4.69) is 4.74 Å². The second kappa shape index (κ2) is 5.20. The summed E-state index contributed by atoms with van der Waals surface area (Å²) < 4.78 is 9.18. The first-order valence-corrected chi connectivity index (χ1v) is 3.02. The average Bonchev–Trinajstić information content (AvgIpc) is 1.98. The molecule has 0 bridgehead atoms. The molecule has 0 aromatic rings. The lowest BCUT2D eigenvalue weighted by molar-refractivity contribution is -0.153. The quantitative estimate of drug-likeness (QED) is 0.549. The molecule has 0 heterocycles. The molecule has 10 heavy (non-hydrogen) atoms. The highest BCUT2D eigenvalue weighted by Gasteiger charge is 2.11. The van der Waals surface area contributed by atoms with E-state index in [0.717, 1.165) is 0 Å². The Morgan fingerprint density at radius 1 is 1.70 bits per heavy atom. The third kappa shape index (κ3) is 3.42. The molecule has 0 aromatic carbocycles. The summed E-state index contributed by atoms with van der Waals surface area (Å²) in [5.41, 5.74) is 0. The van der Waals surface area contributed by atoms with Gasteiger partial charge in [-0.15, -0.1) is 0 Å². The van der Waals surface area contributed by atoms with Gasteiger partial charge in [-0.1, -0.05) is 0 Å². The third-order valence-corrected chi connectivity index (χ3v) is 0.992. The first-order chi connectivity index (χ1) is 4.72. The fourth-order valence-corrected chi connectivity index (χ4v) is 0.463. The summed E-state index contributed by atoms with van der Waals surface area (Å²) >= 11 is 0. The fourth-order valence-electron chi connectivity index (χ4n) is 0.463. The van der Waals surface area contributed by atoms with Crippen molar-refractivity contribution in [1.29, 1.82) is 0 Å². The molecule has 0 radical (unpaired) electrons. The lowest BCUT2D eigenvalue weighted by Gasteiger charge is -2.08. The van der Waals surface area contributed by atoms with Crippen molar-refractivity contribution >= 4 is 5.97 Å². The van der Waals surface area contributed by atoms with E-state index in [9.17, 15) is 4.79 Å². The molecule has 0 rings (SSSR count). The van der Waals surface area contributed by atoms with Crippen LogP contribution in [0.1, 0.15) is 6.92 Å². The van der Waals surface area contributed by atoms with Crippen LogP contribution in [-0.2, 0) is 14.3 Å². The summed E-state index contributed by atoms with van der Waals surface area (Å²) in [6, 6.07) is 0. The van der Waals surface area contributed by atoms with Gasteiger partial charge in [0.15, 0.2) is 6.10 Å². The van der Waals surface area contributed by atoms with E-state index < -0.39 is 12.1 Å². The maximum atomic E-state index is 10.6. The molecule has 60 valence electrons. The fraction of sp³-hybridized carbons (Fsp3) is 0.833. The number of carbonyl (C=O) groups excluding carboxylic acids is 1. The van der Waals surface area contributed by atoms with Crippen molar-refractivity contribution in [2.24, 2.45) is 0 Å². The smallest absolute Gasteiger partial charge is 0.334 e. The number of esters is 1. The van der Waals surface area contributed by atoms with Gasteiger partial charge in [0.2, 0.25) is 0 Å². The zero-order valence-corrected chi connectivity index (χ0v) is 6.16. The summed E-state index contributed by atoms with van der Waals surface area (Å²) in [5.74, 6) is -0.423. The summed E-state index contributed by atoms with van der Waals surface area (Å²) in [6.07, 6.45) is -0.586. The van der Waals surface area contributed by atoms with E-state index in [-0.39, 0.29) is 13.2 Å². The second-order valence-electron chi connectivity index (χ2n) is 1.76. The number of methoxy groups -OCH3 is 1. The predicted octanol–water partition coefficient (Wildman–Crippen LogP) is -0.443. The van der Waals surface area contributed by atoms with Crippen LogP contribution in [0.25, 0.3) is 0 Å². The Hall–Kier alpha value is -0.610. The number of carbonyl (C=O) groups is 1. The van der Waals surface area contributed by atoms with Crippen LogP contribution in [0.5, 0.6) is 0 Å². The molecular weight excluding hydrogens is 136 g/mol. The van der Waals surface area contributed by atoms with E-state index in [4.69, 9.17) is 9.84 Å². The molecule has 4 nitrogen and oxygen atoms in total. The van der Waals surface area contributed by atoms with Gasteiger partial charge < -0.3 is 14.6 Å². The molecule has 0 aliphatic carbocycles. The van der Waals surface area contributed by atoms with Crippen molar-refractivity contribution in [3.63, 3.8) is 0 Å². The summed E-state index contributed by atoms with van der Waals surface area (Å²) in [6.45, 7) is 1.65. The van der Waals surface area contributed by atoms with Gasteiger partial charge in [0, 0.05) is 0 Å². The standard InChI is InChI=1S/C6H12O4/c1-5(6(8)9-2)10-4-3-7/h5,7H,3-4H2,1-2H3. The van der Waals surface area contributed by atoms with Gasteiger partial charge in [0.1, 0.15) is 0 Å². The molecule has 0 fully saturated rings. The van der Waals surface area contributed by atoms with Gasteiger partial charge >= 0.3 is 5.97 Å². The van der Waals surface area contributed by atoms with E-state index in [1.807, 2.05) is 0 Å². The number of aliphatic hydroxyl groups is 1. The maximum absolute atomic E-state index is 10.6. The van der Waals surface area contributed by atoms with E-state index in [0.29, 0.717) is 0 Å². The van der Waals surface area contributed by atoms with Gasteiger partial charge in [-0.3, -0.25) is 0 Å². The minimum Gasteiger partial charge on any atom is -0.467 e. The highest BCUT2D eigenvalue weighted by molar-refractivity contribution is 5.73. The zero-order chi connectivity index (χ0) is 7.98. The van der Waals surface area contributed by atoms with Gasteiger partial charge in [-0.25, -0.2) is 4.79 Å². The van der Waals surface area contributed by atoms with Crippen LogP contribution in [0.4, 0.5) is 0 Å². The van der Waals surface area contributed by atoms with Crippen molar-refractivity contribution in [2.75, 3.05) is 20.3 Å². The molecule has 1 N–H and O–H groups in total. The van der Waals surface area contributed by atoms with E-state index in [1.54, 1.807) is 6.92 Å². The number of hydrogen-bond acceptors (Lipinski definition) is 4. The van der Waals surface area contributed by atoms with Gasteiger partial charge in [-0.05, 0) is 6.92 Å². The van der Waals surface area contributed by atoms with Crippen molar-refractivity contribution in [3.05, 3.63) is 0 Å². The Morgan fingerprint density at radius 2 is 2.30 bits per heavy atom. The summed E-state index contributed by atoms with van der Waals surface area (Å²) in [5, 5.41) is 8.29. The molecule has 0 saturated carbocycles. The summed E-state index contributed by atoms with van der Waals surface area (Å²) in [7, 11) is 1.29. The van der Waals surface area contributed by atoms with Crippen LogP contribution in [0.15, 0.2) is 0 Å². The first kappa shape index (κ1) is 9.39. The molecule has 1 atom stereocenters. The Balaban J connectivity index is 3.41. The van der Waals surface area contributed by atoms with Crippen LogP contribution in [0, 0.1) is 0 Å². The lowest BCUT2D eigenvalue weighted by atomic mass is 10.4. The summed E-state index contributed by atoms with van der Waals surface area (Å²) in [4.78, 5) is 10.6. The molecular formula is C6H12O4. The van der Waals surface area contributed by atoms with Crippen molar-refractivity contribution in [2.45, 2.75) is 13.0 Å². The Morgan fingerprint density at radius 3 is 2.70 bits per heavy atom. The first-order valence-electron chi connectivity index (χ1n) is 3.02. The van der Waals surface area contributed by atoms with Crippen LogP contribution in [-0.4, -0.2) is 37.5 Å². The largest absolute Gasteiger partial charge is 0.467 e. The molecule has 0 spiro atoms. The number of ether oxygens (including phenoxy) is 2. The monoisotopic (exact) mass is 148 g/mol. The second-order valence-corrected chi connectivity index (χ2v) is 1.76. The van der Waals surface area contributed by atoms with Crippen LogP contribution >= 0.6 is 0 Å². The maximum Gasteiger partial charge on any atom is 0.334 e. The zero-order valence-electron chi connectivity index (χ0n) is 6.16. The predicted molar refractivity (Wildman–Crippen MR) is 34.5 cm³/mol. The van der Waals surface area contributed by atoms with Crippen molar-refractivity contribution in [1.82, 2.24) is 0 Å². The van der Waals surface area contributed by atoms with Gasteiger partial charge in [0.25, 0.3) is 0 Å². The Kier molecular flexibility index (Phi) is 4.88. The van der Waals surface area contributed by atoms with E-state index in [1.165, 1.54) is 7.11 Å². The topological polar surface area (TPSA) is 55.8 Å². The number of rotatable bonds is 4. The Labute approximate surface area is 59.7 Å². The van der Waals surface area contributed by atoms with Crippen LogP contribution < -0.4 is 0 Å². The molecule has 0 aromatic heterocycles. The van der Waals surface area contributed by atoms with Crippen LogP contribution in [0.3, 0.4) is 0 Å². The SMILES string of the molecule is COC(=O)C(C)OCCO. The minimum absolute atomic E-state index is 0.0820. The van der Waals surface area contributed by atoms with E-state index >= 15 is 0 Å². The minimum atomic E-state index is -0.586. The molecule has 0 amide bonds. The van der Waals surface area contributed by atoms with Crippen LogP contribution in [0.2, 0.25) is 0 Å². The molecule has 0 aliphatic rings. The molecule has 4 heteroatoms. The van der Waals surface area contributed by atoms with Crippen molar-refractivity contribution in [3.8, 4) is 0 Å². The third-order valence-electron chi connectivity index (χ3n) is 0.992. The molecule has 1 unspecified atom stereocenters. The van der Waals surface area contributed by atoms with Crippen molar-refractivity contribution < 1.29 is 19.4 Å². The van der Waals surface area contributed by atoms with Gasteiger partial charge in [0.05, 0.1) is 20.3 Å². The highest BCUT2D eigenvalue weighted by Crippen LogP contribution is 1.91. The number of aliphatic hydroxyl groups excluding tert-OH is 1. The molecule has 0 saturated heterocycles. The highest BCUT2D eigenvalue weighted by atomic mass is 16.6. The molecule has 0 aliphatic heterocycles.